The summed E-state index contributed by atoms with van der Waals surface area (Å²) in [5, 5.41) is 12.0. The number of pyridine rings is 1. The highest BCUT2D eigenvalue weighted by atomic mass is 19.1. The molecule has 0 spiro atoms. The molecule has 17 heteroatoms. The van der Waals surface area contributed by atoms with Gasteiger partial charge in [0.05, 0.1) is 56.3 Å². The molecule has 2 fully saturated rings. The molecule has 16 nitrogen and oxygen atoms in total. The number of fused-ring (bicyclic) bond motifs is 2. The first-order chi connectivity index (χ1) is 26.1. The van der Waals surface area contributed by atoms with Gasteiger partial charge in [0.2, 0.25) is 17.7 Å². The molecule has 54 heavy (non-hydrogen) atoms. The summed E-state index contributed by atoms with van der Waals surface area (Å²) < 4.78 is 36.8. The van der Waals surface area contributed by atoms with Crippen molar-refractivity contribution in [3.05, 3.63) is 59.3 Å². The van der Waals surface area contributed by atoms with Crippen LogP contribution >= 0.6 is 0 Å². The van der Waals surface area contributed by atoms with Gasteiger partial charge in [-0.2, -0.15) is 0 Å². The van der Waals surface area contributed by atoms with E-state index in [-0.39, 0.29) is 75.3 Å². The van der Waals surface area contributed by atoms with Crippen molar-refractivity contribution in [2.75, 3.05) is 58.6 Å². The van der Waals surface area contributed by atoms with Gasteiger partial charge in [0.25, 0.3) is 23.6 Å². The molecule has 0 bridgehead atoms. The molecule has 2 aromatic carbocycles. The number of amides is 6. The molecule has 4 heterocycles. The first-order valence-corrected chi connectivity index (χ1v) is 17.7. The summed E-state index contributed by atoms with van der Waals surface area (Å²) in [6.07, 6.45) is 0.556. The molecule has 1 aromatic heterocycles. The largest absolute Gasteiger partial charge is 0.496 e. The third-order valence-corrected chi connectivity index (χ3v) is 9.57. The predicted octanol–water partition coefficient (Wildman–Crippen LogP) is 1.76. The summed E-state index contributed by atoms with van der Waals surface area (Å²) in [5.74, 6) is -3.22. The van der Waals surface area contributed by atoms with E-state index in [1.54, 1.807) is 30.3 Å². The van der Waals surface area contributed by atoms with Crippen LogP contribution in [-0.2, 0) is 23.9 Å². The van der Waals surface area contributed by atoms with E-state index in [2.05, 4.69) is 26.3 Å². The fourth-order valence-corrected chi connectivity index (χ4v) is 6.80. The molecule has 4 atom stereocenters. The van der Waals surface area contributed by atoms with Gasteiger partial charge < -0.3 is 34.9 Å². The first-order valence-electron chi connectivity index (χ1n) is 17.7. The number of piperidine rings is 1. The van der Waals surface area contributed by atoms with E-state index in [0.29, 0.717) is 40.7 Å². The van der Waals surface area contributed by atoms with Crippen LogP contribution in [0.2, 0.25) is 0 Å². The van der Waals surface area contributed by atoms with Crippen molar-refractivity contribution in [1.29, 1.82) is 0 Å². The highest BCUT2D eigenvalue weighted by Gasteiger charge is 2.46. The van der Waals surface area contributed by atoms with E-state index in [0.717, 1.165) is 4.90 Å². The highest BCUT2D eigenvalue weighted by Crippen LogP contribution is 2.33. The van der Waals surface area contributed by atoms with Crippen molar-refractivity contribution < 1.29 is 52.1 Å². The van der Waals surface area contributed by atoms with E-state index < -0.39 is 53.7 Å². The van der Waals surface area contributed by atoms with Gasteiger partial charge in [-0.25, -0.2) is 9.37 Å². The molecule has 0 saturated carbocycles. The molecule has 1 unspecified atom stereocenters. The van der Waals surface area contributed by atoms with Crippen LogP contribution in [0.4, 0.5) is 10.1 Å². The van der Waals surface area contributed by atoms with Gasteiger partial charge in [0, 0.05) is 42.7 Å². The number of imide groups is 2. The smallest absolute Gasteiger partial charge is 0.264 e. The minimum atomic E-state index is -1.57. The SMILES string of the molecule is CC[C@@H]1[C@H](F)C(=O)N[C@@H]1COc1nccc2cc(C(=O)NCCOCCOCCNc3cccc4c3C(=O)N(C3CCC(=O)NC3=O)C4=O)c(OC)cc12. The molecular formula is C37H41FN6O10. The molecule has 3 aliphatic rings. The zero-order valence-electron chi connectivity index (χ0n) is 29.8. The van der Waals surface area contributed by atoms with E-state index in [9.17, 15) is 33.2 Å². The molecule has 3 aromatic rings. The first kappa shape index (κ1) is 38.1. The predicted molar refractivity (Wildman–Crippen MR) is 190 cm³/mol. The number of hydrogen-bond donors (Lipinski definition) is 4. The summed E-state index contributed by atoms with van der Waals surface area (Å²) in [5.41, 5.74) is 1.09. The lowest BCUT2D eigenvalue weighted by atomic mass is 9.97. The van der Waals surface area contributed by atoms with Crippen LogP contribution in [0.1, 0.15) is 57.3 Å². The summed E-state index contributed by atoms with van der Waals surface area (Å²) in [6.45, 7) is 3.41. The molecule has 0 aliphatic carbocycles. The van der Waals surface area contributed by atoms with Gasteiger partial charge in [0.15, 0.2) is 6.17 Å². The maximum atomic E-state index is 14.2. The number of nitrogens with zero attached hydrogens (tertiary/aromatic N) is 2. The van der Waals surface area contributed by atoms with E-state index in [4.69, 9.17) is 18.9 Å². The fraction of sp³-hybridized carbons (Fsp3) is 0.432. The Bertz CT molecular complexity index is 1960. The number of alkyl halides is 1. The highest BCUT2D eigenvalue weighted by molar-refractivity contribution is 6.25. The van der Waals surface area contributed by atoms with Gasteiger partial charge in [-0.3, -0.25) is 39.0 Å². The van der Waals surface area contributed by atoms with Crippen LogP contribution in [0.25, 0.3) is 10.8 Å². The summed E-state index contributed by atoms with van der Waals surface area (Å²) in [6, 6.07) is 8.34. The topological polar surface area (TPSA) is 204 Å². The fourth-order valence-electron chi connectivity index (χ4n) is 6.80. The monoisotopic (exact) mass is 748 g/mol. The number of carbonyl (C=O) groups excluding carboxylic acids is 6. The number of carbonyl (C=O) groups is 6. The van der Waals surface area contributed by atoms with E-state index in [1.807, 2.05) is 6.92 Å². The number of methoxy groups -OCH3 is 1. The van der Waals surface area contributed by atoms with Gasteiger partial charge >= 0.3 is 0 Å². The third kappa shape index (κ3) is 7.96. The van der Waals surface area contributed by atoms with Crippen LogP contribution in [0, 0.1) is 5.92 Å². The lowest BCUT2D eigenvalue weighted by Gasteiger charge is -2.27. The second kappa shape index (κ2) is 17.0. The Morgan fingerprint density at radius 2 is 1.78 bits per heavy atom. The Morgan fingerprint density at radius 3 is 2.52 bits per heavy atom. The molecule has 4 N–H and O–H groups in total. The van der Waals surface area contributed by atoms with Crippen LogP contribution < -0.4 is 30.7 Å². The average Bonchev–Trinajstić information content (AvgIpc) is 3.59. The van der Waals surface area contributed by atoms with Crippen molar-refractivity contribution in [2.24, 2.45) is 5.92 Å². The van der Waals surface area contributed by atoms with Crippen LogP contribution in [0.3, 0.4) is 0 Å². The number of benzene rings is 2. The molecule has 6 rings (SSSR count). The Labute approximate surface area is 309 Å². The van der Waals surface area contributed by atoms with Crippen molar-refractivity contribution in [3.63, 3.8) is 0 Å². The lowest BCUT2D eigenvalue weighted by molar-refractivity contribution is -0.136. The van der Waals surface area contributed by atoms with Crippen molar-refractivity contribution in [3.8, 4) is 11.6 Å². The average molecular weight is 749 g/mol. The Morgan fingerprint density at radius 1 is 1.00 bits per heavy atom. The number of aromatic nitrogens is 1. The lowest BCUT2D eigenvalue weighted by Crippen LogP contribution is -2.54. The minimum Gasteiger partial charge on any atom is -0.496 e. The summed E-state index contributed by atoms with van der Waals surface area (Å²) in [4.78, 5) is 80.2. The maximum absolute atomic E-state index is 14.2. The third-order valence-electron chi connectivity index (χ3n) is 9.57. The maximum Gasteiger partial charge on any atom is 0.264 e. The second-order valence-corrected chi connectivity index (χ2v) is 12.9. The van der Waals surface area contributed by atoms with Crippen molar-refractivity contribution >= 4 is 51.9 Å². The number of rotatable bonds is 17. The van der Waals surface area contributed by atoms with E-state index in [1.165, 1.54) is 19.4 Å². The van der Waals surface area contributed by atoms with Crippen LogP contribution in [0.15, 0.2) is 42.6 Å². The summed E-state index contributed by atoms with van der Waals surface area (Å²) in [7, 11) is 1.44. The zero-order chi connectivity index (χ0) is 38.4. The zero-order valence-corrected chi connectivity index (χ0v) is 29.8. The van der Waals surface area contributed by atoms with Crippen molar-refractivity contribution in [2.45, 2.75) is 44.4 Å². The molecule has 286 valence electrons. The molecule has 0 radical (unpaired) electrons. The van der Waals surface area contributed by atoms with Gasteiger partial charge in [-0.15, -0.1) is 0 Å². The molecule has 6 amide bonds. The number of halogens is 1. The van der Waals surface area contributed by atoms with Gasteiger partial charge in [-0.1, -0.05) is 13.0 Å². The number of nitrogens with one attached hydrogen (secondary N) is 4. The normalized spacial score (nSPS) is 20.9. The Balaban J connectivity index is 0.911. The minimum absolute atomic E-state index is 0.0402. The number of anilines is 1. The quantitative estimate of drug-likeness (QED) is 0.115. The Kier molecular flexibility index (Phi) is 12.0. The summed E-state index contributed by atoms with van der Waals surface area (Å²) >= 11 is 0. The Hall–Kier alpha value is -5.68. The molecule has 2 saturated heterocycles. The molecular weight excluding hydrogens is 707 g/mol. The van der Waals surface area contributed by atoms with Crippen LogP contribution in [-0.4, -0.2) is 117 Å². The van der Waals surface area contributed by atoms with E-state index >= 15 is 0 Å². The number of hydrogen-bond acceptors (Lipinski definition) is 12. The standard InChI is InChI=1S/C37H41FN6O10/c1-3-21-26(42-34(48)31(21)38)19-54-35-23-18-28(51-2)24(17-20(23)9-10-41-35)32(46)40-12-14-53-16-15-52-13-11-39-25-6-4-5-22-30(25)37(50)44(36(22)49)27-7-8-29(45)43-33(27)47/h4-6,9-10,17-18,21,26-27,31,39H,3,7-8,11-16,19H2,1-2H3,(H,40,46)(H,42,48)(H,43,45,47)/t21-,26+,27?,31-/m0/s1. The second-order valence-electron chi connectivity index (χ2n) is 12.9. The number of ether oxygens (including phenoxy) is 4. The molecule has 3 aliphatic heterocycles. The van der Waals surface area contributed by atoms with Gasteiger partial charge in [-0.05, 0) is 48.6 Å². The van der Waals surface area contributed by atoms with Gasteiger partial charge in [0.1, 0.15) is 18.4 Å². The van der Waals surface area contributed by atoms with Crippen molar-refractivity contribution in [1.82, 2.24) is 25.8 Å². The van der Waals surface area contributed by atoms with Crippen LogP contribution in [0.5, 0.6) is 11.6 Å².